The molecule has 0 aliphatic heterocycles. The van der Waals surface area contributed by atoms with Crippen LogP contribution in [0.2, 0.25) is 0 Å². The molecule has 4 heteroatoms. The minimum absolute atomic E-state index is 0.193. The number of likely N-dealkylation sites (N-methyl/N-ethyl adjacent to an activating group) is 1. The molecule has 0 bridgehead atoms. The van der Waals surface area contributed by atoms with Gasteiger partial charge in [0.25, 0.3) is 0 Å². The Labute approximate surface area is 95.2 Å². The second-order valence-electron chi connectivity index (χ2n) is 3.49. The molecule has 4 nitrogen and oxygen atoms in total. The third-order valence-corrected chi connectivity index (χ3v) is 2.31. The molecule has 2 N–H and O–H groups in total. The molecule has 0 radical (unpaired) electrons. The van der Waals surface area contributed by atoms with Gasteiger partial charge in [-0.1, -0.05) is 30.3 Å². The van der Waals surface area contributed by atoms with Crippen molar-refractivity contribution in [3.63, 3.8) is 0 Å². The lowest BCUT2D eigenvalue weighted by Gasteiger charge is -2.11. The molecule has 0 aromatic heterocycles. The van der Waals surface area contributed by atoms with E-state index < -0.39 is 12.0 Å². The van der Waals surface area contributed by atoms with Crippen molar-refractivity contribution in [2.45, 2.75) is 12.5 Å². The van der Waals surface area contributed by atoms with E-state index in [2.05, 4.69) is 5.32 Å². The minimum atomic E-state index is -0.887. The number of carboxylic acids is 1. The molecular weight excluding hydrogens is 206 g/mol. The van der Waals surface area contributed by atoms with Crippen LogP contribution in [0.3, 0.4) is 0 Å². The van der Waals surface area contributed by atoms with Gasteiger partial charge in [0.15, 0.2) is 0 Å². The van der Waals surface area contributed by atoms with E-state index in [1.54, 1.807) is 7.05 Å². The molecule has 0 aliphatic rings. The van der Waals surface area contributed by atoms with E-state index in [-0.39, 0.29) is 6.61 Å². The number of ether oxygens (including phenoxy) is 1. The highest BCUT2D eigenvalue weighted by Crippen LogP contribution is 1.99. The predicted molar refractivity (Wildman–Crippen MR) is 61.4 cm³/mol. The SMILES string of the molecule is CNC(COCCc1ccccc1)C(=O)O. The van der Waals surface area contributed by atoms with E-state index in [9.17, 15) is 4.79 Å². The Balaban J connectivity index is 2.19. The van der Waals surface area contributed by atoms with Crippen LogP contribution in [0.25, 0.3) is 0 Å². The van der Waals surface area contributed by atoms with E-state index in [1.165, 1.54) is 5.56 Å². The van der Waals surface area contributed by atoms with Gasteiger partial charge in [0.2, 0.25) is 0 Å². The van der Waals surface area contributed by atoms with Gasteiger partial charge in [0.1, 0.15) is 6.04 Å². The summed E-state index contributed by atoms with van der Waals surface area (Å²) >= 11 is 0. The van der Waals surface area contributed by atoms with Crippen LogP contribution < -0.4 is 5.32 Å². The summed E-state index contributed by atoms with van der Waals surface area (Å²) in [6.07, 6.45) is 0.802. The van der Waals surface area contributed by atoms with Gasteiger partial charge < -0.3 is 15.2 Å². The van der Waals surface area contributed by atoms with Crippen LogP contribution in [-0.2, 0) is 16.0 Å². The summed E-state index contributed by atoms with van der Waals surface area (Å²) in [6, 6.07) is 9.33. The summed E-state index contributed by atoms with van der Waals surface area (Å²) in [6.45, 7) is 0.730. The van der Waals surface area contributed by atoms with E-state index in [4.69, 9.17) is 9.84 Å². The summed E-state index contributed by atoms with van der Waals surface area (Å²) in [5, 5.41) is 11.4. The number of hydrogen-bond donors (Lipinski definition) is 2. The average Bonchev–Trinajstić information content (AvgIpc) is 2.30. The average molecular weight is 223 g/mol. The molecule has 1 rings (SSSR count). The molecule has 0 saturated carbocycles. The number of benzene rings is 1. The lowest BCUT2D eigenvalue weighted by atomic mass is 10.2. The first kappa shape index (κ1) is 12.7. The monoisotopic (exact) mass is 223 g/mol. The Morgan fingerprint density at radius 1 is 1.44 bits per heavy atom. The van der Waals surface area contributed by atoms with Gasteiger partial charge in [-0.05, 0) is 19.0 Å². The van der Waals surface area contributed by atoms with Crippen molar-refractivity contribution in [2.24, 2.45) is 0 Å². The van der Waals surface area contributed by atoms with Crippen molar-refractivity contribution in [1.29, 1.82) is 0 Å². The van der Waals surface area contributed by atoms with Crippen LogP contribution in [0, 0.1) is 0 Å². The molecule has 0 fully saturated rings. The van der Waals surface area contributed by atoms with Crippen LogP contribution in [0.15, 0.2) is 30.3 Å². The summed E-state index contributed by atoms with van der Waals surface area (Å²) in [5.41, 5.74) is 1.19. The quantitative estimate of drug-likeness (QED) is 0.675. The molecule has 0 saturated heterocycles. The maximum Gasteiger partial charge on any atom is 0.323 e. The predicted octanol–water partition coefficient (Wildman–Crippen LogP) is 0.918. The first-order valence-corrected chi connectivity index (χ1v) is 5.25. The minimum Gasteiger partial charge on any atom is -0.480 e. The van der Waals surface area contributed by atoms with E-state index in [1.807, 2.05) is 30.3 Å². The molecule has 0 aliphatic carbocycles. The Bertz CT molecular complexity index is 313. The van der Waals surface area contributed by atoms with Gasteiger partial charge in [-0.3, -0.25) is 4.79 Å². The lowest BCUT2D eigenvalue weighted by molar-refractivity contribution is -0.140. The third-order valence-electron chi connectivity index (χ3n) is 2.31. The second-order valence-corrected chi connectivity index (χ2v) is 3.49. The third kappa shape index (κ3) is 4.42. The molecule has 16 heavy (non-hydrogen) atoms. The van der Waals surface area contributed by atoms with Crippen LogP contribution in [0.1, 0.15) is 5.56 Å². The van der Waals surface area contributed by atoms with Gasteiger partial charge in [-0.2, -0.15) is 0 Å². The van der Waals surface area contributed by atoms with E-state index in [0.29, 0.717) is 6.61 Å². The number of aliphatic carboxylic acids is 1. The van der Waals surface area contributed by atoms with Crippen molar-refractivity contribution in [1.82, 2.24) is 5.32 Å². The molecule has 0 spiro atoms. The van der Waals surface area contributed by atoms with Crippen molar-refractivity contribution in [2.75, 3.05) is 20.3 Å². The van der Waals surface area contributed by atoms with Gasteiger partial charge in [-0.25, -0.2) is 0 Å². The van der Waals surface area contributed by atoms with Gasteiger partial charge in [0.05, 0.1) is 13.2 Å². The first-order valence-electron chi connectivity index (χ1n) is 5.25. The Morgan fingerprint density at radius 2 is 2.12 bits per heavy atom. The molecule has 1 unspecified atom stereocenters. The van der Waals surface area contributed by atoms with E-state index >= 15 is 0 Å². The standard InChI is InChI=1S/C12H17NO3/c1-13-11(12(14)15)9-16-8-7-10-5-3-2-4-6-10/h2-6,11,13H,7-9H2,1H3,(H,14,15). The molecular formula is C12H17NO3. The molecule has 88 valence electrons. The Kier molecular flexibility index (Phi) is 5.53. The zero-order valence-corrected chi connectivity index (χ0v) is 9.35. The highest BCUT2D eigenvalue weighted by Gasteiger charge is 2.14. The maximum absolute atomic E-state index is 10.7. The first-order chi connectivity index (χ1) is 7.74. The smallest absolute Gasteiger partial charge is 0.323 e. The molecule has 0 amide bonds. The van der Waals surface area contributed by atoms with Gasteiger partial charge in [-0.15, -0.1) is 0 Å². The number of carbonyl (C=O) groups is 1. The molecule has 1 aromatic carbocycles. The highest BCUT2D eigenvalue weighted by atomic mass is 16.5. The largest absolute Gasteiger partial charge is 0.480 e. The normalized spacial score (nSPS) is 12.3. The van der Waals surface area contributed by atoms with Crippen LogP contribution in [-0.4, -0.2) is 37.4 Å². The zero-order valence-electron chi connectivity index (χ0n) is 9.35. The molecule has 0 heterocycles. The van der Waals surface area contributed by atoms with Crippen LogP contribution >= 0.6 is 0 Å². The van der Waals surface area contributed by atoms with Crippen molar-refractivity contribution < 1.29 is 14.6 Å². The zero-order chi connectivity index (χ0) is 11.8. The van der Waals surface area contributed by atoms with Crippen LogP contribution in [0.4, 0.5) is 0 Å². The fraction of sp³-hybridized carbons (Fsp3) is 0.417. The Morgan fingerprint density at radius 3 is 2.69 bits per heavy atom. The van der Waals surface area contributed by atoms with Crippen molar-refractivity contribution in [3.05, 3.63) is 35.9 Å². The summed E-state index contributed by atoms with van der Waals surface area (Å²) in [4.78, 5) is 10.7. The van der Waals surface area contributed by atoms with Gasteiger partial charge in [0, 0.05) is 0 Å². The number of rotatable bonds is 7. The summed E-state index contributed by atoms with van der Waals surface area (Å²) < 4.78 is 5.31. The second kappa shape index (κ2) is 6.98. The topological polar surface area (TPSA) is 58.6 Å². The number of hydrogen-bond acceptors (Lipinski definition) is 3. The highest BCUT2D eigenvalue weighted by molar-refractivity contribution is 5.73. The summed E-state index contributed by atoms with van der Waals surface area (Å²) in [5.74, 6) is -0.887. The fourth-order valence-electron chi connectivity index (χ4n) is 1.31. The number of carboxylic acid groups (broad SMARTS) is 1. The summed E-state index contributed by atoms with van der Waals surface area (Å²) in [7, 11) is 1.61. The van der Waals surface area contributed by atoms with Crippen molar-refractivity contribution in [3.8, 4) is 0 Å². The maximum atomic E-state index is 10.7. The van der Waals surface area contributed by atoms with Crippen molar-refractivity contribution >= 4 is 5.97 Å². The Hall–Kier alpha value is -1.39. The van der Waals surface area contributed by atoms with Gasteiger partial charge >= 0.3 is 5.97 Å². The number of nitrogens with one attached hydrogen (secondary N) is 1. The molecule has 1 aromatic rings. The molecule has 1 atom stereocenters. The van der Waals surface area contributed by atoms with Crippen LogP contribution in [0.5, 0.6) is 0 Å². The van der Waals surface area contributed by atoms with E-state index in [0.717, 1.165) is 6.42 Å². The lowest BCUT2D eigenvalue weighted by Crippen LogP contribution is -2.38. The fourth-order valence-corrected chi connectivity index (χ4v) is 1.31.